The summed E-state index contributed by atoms with van der Waals surface area (Å²) in [4.78, 5) is 25.9. The Labute approximate surface area is 187 Å². The molecular formula is C25H28N2O5. The number of benzene rings is 2. The number of furan rings is 1. The third-order valence-electron chi connectivity index (χ3n) is 5.91. The first-order valence-corrected chi connectivity index (χ1v) is 10.9. The molecule has 0 spiro atoms. The largest absolute Gasteiger partial charge is 0.493 e. The number of carbonyl (C=O) groups excluding carboxylic acids is 2. The van der Waals surface area contributed by atoms with Crippen LogP contribution in [0.4, 0.5) is 11.4 Å². The van der Waals surface area contributed by atoms with Crippen molar-refractivity contribution >= 4 is 34.2 Å². The highest BCUT2D eigenvalue weighted by Gasteiger charge is 2.24. The summed E-state index contributed by atoms with van der Waals surface area (Å²) in [6.07, 6.45) is 6.19. The molecule has 7 heteroatoms. The molecule has 0 atom stereocenters. The predicted octanol–water partition coefficient (Wildman–Crippen LogP) is 5.61. The van der Waals surface area contributed by atoms with Gasteiger partial charge in [-0.3, -0.25) is 9.59 Å². The van der Waals surface area contributed by atoms with E-state index in [1.165, 1.54) is 26.4 Å². The Balaban J connectivity index is 1.58. The maximum absolute atomic E-state index is 13.1. The predicted molar refractivity (Wildman–Crippen MR) is 124 cm³/mol. The van der Waals surface area contributed by atoms with Gasteiger partial charge in [-0.05, 0) is 43.0 Å². The van der Waals surface area contributed by atoms with Gasteiger partial charge in [-0.2, -0.15) is 0 Å². The second-order valence-corrected chi connectivity index (χ2v) is 8.08. The van der Waals surface area contributed by atoms with Gasteiger partial charge >= 0.3 is 0 Å². The molecule has 3 aromatic rings. The standard InChI is InChI=1S/C25H28N2O5/c1-30-20-13-12-17(15-21(20)31-2)26-25(29)24-23(18-10-6-7-11-19(18)32-24)27-22(28)14-16-8-4-3-5-9-16/h6-7,10-13,15-16H,3-5,8-9,14H2,1-2H3,(H,26,29)(H,27,28). The van der Waals surface area contributed by atoms with E-state index >= 15 is 0 Å². The van der Waals surface area contributed by atoms with Gasteiger partial charge in [0, 0.05) is 23.6 Å². The molecule has 0 bridgehead atoms. The summed E-state index contributed by atoms with van der Waals surface area (Å²) < 4.78 is 16.4. The summed E-state index contributed by atoms with van der Waals surface area (Å²) in [6.45, 7) is 0. The molecule has 168 valence electrons. The SMILES string of the molecule is COc1ccc(NC(=O)c2oc3ccccc3c2NC(=O)CC2CCCCC2)cc1OC. The number of nitrogens with one attached hydrogen (secondary N) is 2. The van der Waals surface area contributed by atoms with E-state index in [9.17, 15) is 9.59 Å². The molecule has 0 radical (unpaired) electrons. The van der Waals surface area contributed by atoms with Gasteiger partial charge in [0.1, 0.15) is 11.3 Å². The van der Waals surface area contributed by atoms with Crippen LogP contribution in [0.15, 0.2) is 46.9 Å². The van der Waals surface area contributed by atoms with E-state index in [1.54, 1.807) is 31.4 Å². The lowest BCUT2D eigenvalue weighted by Gasteiger charge is -2.20. The molecule has 0 unspecified atom stereocenters. The van der Waals surface area contributed by atoms with E-state index in [-0.39, 0.29) is 11.7 Å². The fourth-order valence-electron chi connectivity index (χ4n) is 4.28. The molecule has 0 aliphatic heterocycles. The van der Waals surface area contributed by atoms with Gasteiger partial charge in [-0.1, -0.05) is 31.4 Å². The third-order valence-corrected chi connectivity index (χ3v) is 5.91. The van der Waals surface area contributed by atoms with Crippen molar-refractivity contribution in [1.29, 1.82) is 0 Å². The van der Waals surface area contributed by atoms with Crippen LogP contribution in [0.5, 0.6) is 11.5 Å². The van der Waals surface area contributed by atoms with Gasteiger partial charge in [-0.25, -0.2) is 0 Å². The number of anilines is 2. The summed E-state index contributed by atoms with van der Waals surface area (Å²) in [6, 6.07) is 12.4. The zero-order valence-electron chi connectivity index (χ0n) is 18.4. The van der Waals surface area contributed by atoms with Crippen molar-refractivity contribution in [2.75, 3.05) is 24.9 Å². The van der Waals surface area contributed by atoms with Crippen LogP contribution in [0.1, 0.15) is 49.1 Å². The zero-order valence-corrected chi connectivity index (χ0v) is 18.4. The number of hydrogen-bond acceptors (Lipinski definition) is 5. The Morgan fingerprint density at radius 3 is 2.47 bits per heavy atom. The first-order chi connectivity index (χ1) is 15.6. The lowest BCUT2D eigenvalue weighted by Crippen LogP contribution is -2.20. The topological polar surface area (TPSA) is 89.8 Å². The molecule has 1 aliphatic rings. The summed E-state index contributed by atoms with van der Waals surface area (Å²) in [5.74, 6) is 0.967. The lowest BCUT2D eigenvalue weighted by molar-refractivity contribution is -0.117. The van der Waals surface area contributed by atoms with Crippen molar-refractivity contribution in [3.05, 3.63) is 48.2 Å². The molecule has 4 rings (SSSR count). The number of amides is 2. The summed E-state index contributed by atoms with van der Waals surface area (Å²) in [5, 5.41) is 6.47. The number of para-hydroxylation sites is 1. The van der Waals surface area contributed by atoms with Crippen molar-refractivity contribution in [1.82, 2.24) is 0 Å². The minimum absolute atomic E-state index is 0.0676. The second kappa shape index (κ2) is 9.77. The molecular weight excluding hydrogens is 408 g/mol. The fraction of sp³-hybridized carbons (Fsp3) is 0.360. The molecule has 1 saturated carbocycles. The van der Waals surface area contributed by atoms with E-state index in [2.05, 4.69) is 10.6 Å². The van der Waals surface area contributed by atoms with E-state index in [0.717, 1.165) is 12.8 Å². The minimum atomic E-state index is -0.457. The third kappa shape index (κ3) is 4.72. The van der Waals surface area contributed by atoms with Gasteiger partial charge in [0.15, 0.2) is 11.5 Å². The van der Waals surface area contributed by atoms with Crippen molar-refractivity contribution in [2.45, 2.75) is 38.5 Å². The lowest BCUT2D eigenvalue weighted by atomic mass is 9.87. The highest BCUT2D eigenvalue weighted by molar-refractivity contribution is 6.14. The van der Waals surface area contributed by atoms with Crippen LogP contribution in [-0.4, -0.2) is 26.0 Å². The Bertz CT molecular complexity index is 1110. The normalized spacial score (nSPS) is 14.2. The number of fused-ring (bicyclic) bond motifs is 1. The van der Waals surface area contributed by atoms with E-state index in [4.69, 9.17) is 13.9 Å². The average Bonchev–Trinajstić information content (AvgIpc) is 3.18. The zero-order chi connectivity index (χ0) is 22.5. The average molecular weight is 437 g/mol. The maximum Gasteiger partial charge on any atom is 0.293 e. The van der Waals surface area contributed by atoms with Gasteiger partial charge < -0.3 is 24.5 Å². The molecule has 32 heavy (non-hydrogen) atoms. The molecule has 2 aromatic carbocycles. The van der Waals surface area contributed by atoms with Gasteiger partial charge in [0.25, 0.3) is 5.91 Å². The Morgan fingerprint density at radius 1 is 0.969 bits per heavy atom. The molecule has 1 aliphatic carbocycles. The van der Waals surface area contributed by atoms with Crippen LogP contribution >= 0.6 is 0 Å². The van der Waals surface area contributed by atoms with Crippen LogP contribution in [0.25, 0.3) is 11.0 Å². The summed E-state index contributed by atoms with van der Waals surface area (Å²) in [5.41, 5.74) is 1.46. The van der Waals surface area contributed by atoms with E-state index in [0.29, 0.717) is 46.2 Å². The smallest absolute Gasteiger partial charge is 0.293 e. The summed E-state index contributed by atoms with van der Waals surface area (Å²) in [7, 11) is 3.08. The molecule has 1 heterocycles. The van der Waals surface area contributed by atoms with Crippen LogP contribution in [0.2, 0.25) is 0 Å². The fourth-order valence-corrected chi connectivity index (χ4v) is 4.28. The monoisotopic (exact) mass is 436 g/mol. The van der Waals surface area contributed by atoms with E-state index in [1.807, 2.05) is 18.2 Å². The summed E-state index contributed by atoms with van der Waals surface area (Å²) >= 11 is 0. The molecule has 2 amide bonds. The van der Waals surface area contributed by atoms with Crippen molar-refractivity contribution in [3.8, 4) is 11.5 Å². The van der Waals surface area contributed by atoms with E-state index < -0.39 is 5.91 Å². The second-order valence-electron chi connectivity index (χ2n) is 8.08. The van der Waals surface area contributed by atoms with Crippen LogP contribution in [0.3, 0.4) is 0 Å². The van der Waals surface area contributed by atoms with Gasteiger partial charge in [0.05, 0.1) is 14.2 Å². The van der Waals surface area contributed by atoms with Crippen LogP contribution in [0, 0.1) is 5.92 Å². The number of carbonyl (C=O) groups is 2. The molecule has 2 N–H and O–H groups in total. The molecule has 1 aromatic heterocycles. The van der Waals surface area contributed by atoms with Crippen molar-refractivity contribution in [2.24, 2.45) is 5.92 Å². The van der Waals surface area contributed by atoms with Crippen molar-refractivity contribution < 1.29 is 23.5 Å². The van der Waals surface area contributed by atoms with Gasteiger partial charge in [-0.15, -0.1) is 0 Å². The number of rotatable bonds is 7. The Kier molecular flexibility index (Phi) is 6.63. The molecule has 0 saturated heterocycles. The maximum atomic E-state index is 13.1. The molecule has 1 fully saturated rings. The Hall–Kier alpha value is -3.48. The first-order valence-electron chi connectivity index (χ1n) is 10.9. The molecule has 7 nitrogen and oxygen atoms in total. The van der Waals surface area contributed by atoms with Crippen LogP contribution in [-0.2, 0) is 4.79 Å². The van der Waals surface area contributed by atoms with Crippen molar-refractivity contribution in [3.63, 3.8) is 0 Å². The number of ether oxygens (including phenoxy) is 2. The number of hydrogen-bond donors (Lipinski definition) is 2. The van der Waals surface area contributed by atoms with Gasteiger partial charge in [0.2, 0.25) is 11.7 Å². The minimum Gasteiger partial charge on any atom is -0.493 e. The quantitative estimate of drug-likeness (QED) is 0.502. The highest BCUT2D eigenvalue weighted by atomic mass is 16.5. The highest BCUT2D eigenvalue weighted by Crippen LogP contribution is 2.34. The van der Waals surface area contributed by atoms with Crippen LogP contribution < -0.4 is 20.1 Å². The Morgan fingerprint density at radius 2 is 1.72 bits per heavy atom. The number of methoxy groups -OCH3 is 2. The first kappa shape index (κ1) is 21.7.